The fraction of sp³-hybridized carbons (Fsp3) is 0.700. The van der Waals surface area contributed by atoms with Gasteiger partial charge in [0.2, 0.25) is 22.1 Å². The maximum Gasteiger partial charge on any atom is 0.226 e. The van der Waals surface area contributed by atoms with Crippen LogP contribution in [0.3, 0.4) is 0 Å². The minimum Gasteiger partial charge on any atom is -0.381 e. The molecule has 0 saturated heterocycles. The van der Waals surface area contributed by atoms with Crippen molar-refractivity contribution >= 4 is 44.8 Å². The second-order valence-corrected chi connectivity index (χ2v) is 9.25. The highest BCUT2D eigenvalue weighted by atomic mass is 32.1. The van der Waals surface area contributed by atoms with Crippen LogP contribution in [-0.4, -0.2) is 45.4 Å². The van der Waals surface area contributed by atoms with Crippen LogP contribution in [0.2, 0.25) is 0 Å². The van der Waals surface area contributed by atoms with Gasteiger partial charge in [-0.1, -0.05) is 62.2 Å². The number of rotatable bonds is 16. The molecular formula is C20H32N6O3S2. The third-order valence-electron chi connectivity index (χ3n) is 4.36. The molecule has 2 aromatic heterocycles. The summed E-state index contributed by atoms with van der Waals surface area (Å²) >= 11 is 2.75. The standard InChI is InChI=1S/C20H32N6O3S2/c1-3-5-7-9-15(27)21-19-25-23-17(30-19)11-13-29-14-12-18-24-26-20(31-18)22-16(28)10-8-6-4-2/h3-14H2,1-2H3,(H,21,25,27)(H,22,26,28). The Labute approximate surface area is 191 Å². The zero-order chi connectivity index (χ0) is 22.3. The highest BCUT2D eigenvalue weighted by Crippen LogP contribution is 2.18. The number of carbonyl (C=O) groups excluding carboxylic acids is 2. The summed E-state index contributed by atoms with van der Waals surface area (Å²) in [7, 11) is 0. The van der Waals surface area contributed by atoms with Gasteiger partial charge in [0.1, 0.15) is 10.0 Å². The summed E-state index contributed by atoms with van der Waals surface area (Å²) < 4.78 is 5.66. The molecule has 0 bridgehead atoms. The number of ether oxygens (including phenoxy) is 1. The molecule has 31 heavy (non-hydrogen) atoms. The first-order valence-electron chi connectivity index (χ1n) is 10.9. The molecule has 2 N–H and O–H groups in total. The van der Waals surface area contributed by atoms with Crippen molar-refractivity contribution in [3.8, 4) is 0 Å². The van der Waals surface area contributed by atoms with Gasteiger partial charge in [-0.2, -0.15) is 0 Å². The molecule has 0 aliphatic carbocycles. The van der Waals surface area contributed by atoms with E-state index in [1.165, 1.54) is 22.7 Å². The van der Waals surface area contributed by atoms with Crippen LogP contribution in [0, 0.1) is 0 Å². The first-order chi connectivity index (χ1) is 15.1. The zero-order valence-corrected chi connectivity index (χ0v) is 19.9. The highest BCUT2D eigenvalue weighted by Gasteiger charge is 2.10. The van der Waals surface area contributed by atoms with E-state index in [9.17, 15) is 9.59 Å². The maximum atomic E-state index is 11.8. The van der Waals surface area contributed by atoms with Gasteiger partial charge >= 0.3 is 0 Å². The minimum absolute atomic E-state index is 0.0130. The molecule has 2 aromatic rings. The SMILES string of the molecule is CCCCCC(=O)Nc1nnc(CCOCCc2nnc(NC(=O)CCCCC)s2)s1. The van der Waals surface area contributed by atoms with Crippen LogP contribution >= 0.6 is 22.7 Å². The second-order valence-electron chi connectivity index (χ2n) is 7.12. The van der Waals surface area contributed by atoms with Gasteiger partial charge in [-0.15, -0.1) is 20.4 Å². The predicted octanol–water partition coefficient (Wildman–Crippen LogP) is 4.23. The summed E-state index contributed by atoms with van der Waals surface area (Å²) in [6.07, 6.45) is 8.38. The average Bonchev–Trinajstić information content (AvgIpc) is 3.37. The number of nitrogens with one attached hydrogen (secondary N) is 2. The lowest BCUT2D eigenvalue weighted by Gasteiger charge is -2.01. The molecule has 2 heterocycles. The molecular weight excluding hydrogens is 436 g/mol. The number of carbonyl (C=O) groups is 2. The largest absolute Gasteiger partial charge is 0.381 e. The Morgan fingerprint density at radius 1 is 0.742 bits per heavy atom. The zero-order valence-electron chi connectivity index (χ0n) is 18.3. The van der Waals surface area contributed by atoms with Gasteiger partial charge < -0.3 is 15.4 Å². The maximum absolute atomic E-state index is 11.8. The lowest BCUT2D eigenvalue weighted by atomic mass is 10.2. The van der Waals surface area contributed by atoms with Gasteiger partial charge in [-0.05, 0) is 12.8 Å². The molecule has 0 atom stereocenters. The van der Waals surface area contributed by atoms with Crippen LogP contribution in [0.25, 0.3) is 0 Å². The van der Waals surface area contributed by atoms with Gasteiger partial charge in [-0.3, -0.25) is 9.59 Å². The average molecular weight is 469 g/mol. The van der Waals surface area contributed by atoms with Crippen molar-refractivity contribution in [2.75, 3.05) is 23.8 Å². The molecule has 11 heteroatoms. The molecule has 0 aromatic carbocycles. The predicted molar refractivity (Wildman–Crippen MR) is 124 cm³/mol. The van der Waals surface area contributed by atoms with Crippen molar-refractivity contribution < 1.29 is 14.3 Å². The third kappa shape index (κ3) is 10.7. The lowest BCUT2D eigenvalue weighted by Crippen LogP contribution is -2.10. The summed E-state index contributed by atoms with van der Waals surface area (Å²) in [5, 5.41) is 24.5. The van der Waals surface area contributed by atoms with Crippen molar-refractivity contribution in [2.45, 2.75) is 78.1 Å². The van der Waals surface area contributed by atoms with Crippen molar-refractivity contribution in [3.63, 3.8) is 0 Å². The number of nitrogens with zero attached hydrogens (tertiary/aromatic N) is 4. The number of aromatic nitrogens is 4. The monoisotopic (exact) mass is 468 g/mol. The Bertz CT molecular complexity index is 731. The van der Waals surface area contributed by atoms with Crippen LogP contribution in [0.15, 0.2) is 0 Å². The van der Waals surface area contributed by atoms with Crippen molar-refractivity contribution in [1.82, 2.24) is 20.4 Å². The Balaban J connectivity index is 1.58. The first kappa shape index (κ1) is 25.3. The van der Waals surface area contributed by atoms with E-state index < -0.39 is 0 Å². The quantitative estimate of drug-likeness (QED) is 0.354. The number of amides is 2. The van der Waals surface area contributed by atoms with Crippen LogP contribution < -0.4 is 10.6 Å². The summed E-state index contributed by atoms with van der Waals surface area (Å²) in [6, 6.07) is 0. The summed E-state index contributed by atoms with van der Waals surface area (Å²) in [5.74, 6) is -0.0260. The molecule has 9 nitrogen and oxygen atoms in total. The second kappa shape index (κ2) is 14.9. The van der Waals surface area contributed by atoms with Crippen molar-refractivity contribution in [3.05, 3.63) is 10.0 Å². The number of anilines is 2. The van der Waals surface area contributed by atoms with E-state index >= 15 is 0 Å². The van der Waals surface area contributed by atoms with E-state index in [0.29, 0.717) is 49.2 Å². The van der Waals surface area contributed by atoms with Gasteiger partial charge in [0.25, 0.3) is 0 Å². The van der Waals surface area contributed by atoms with E-state index in [0.717, 1.165) is 48.5 Å². The summed E-state index contributed by atoms with van der Waals surface area (Å²) in [4.78, 5) is 23.6. The van der Waals surface area contributed by atoms with Gasteiger partial charge in [-0.25, -0.2) is 0 Å². The lowest BCUT2D eigenvalue weighted by molar-refractivity contribution is -0.117. The van der Waals surface area contributed by atoms with Gasteiger partial charge in [0.15, 0.2) is 0 Å². The Morgan fingerprint density at radius 3 is 1.61 bits per heavy atom. The molecule has 0 fully saturated rings. The molecule has 0 spiro atoms. The molecule has 0 saturated carbocycles. The minimum atomic E-state index is -0.0130. The van der Waals surface area contributed by atoms with Crippen LogP contribution in [0.4, 0.5) is 10.3 Å². The molecule has 0 radical (unpaired) electrons. The van der Waals surface area contributed by atoms with E-state index in [4.69, 9.17) is 4.74 Å². The van der Waals surface area contributed by atoms with Gasteiger partial charge in [0.05, 0.1) is 13.2 Å². The van der Waals surface area contributed by atoms with Crippen LogP contribution in [0.5, 0.6) is 0 Å². The third-order valence-corrected chi connectivity index (χ3v) is 6.16. The van der Waals surface area contributed by atoms with Crippen molar-refractivity contribution in [2.24, 2.45) is 0 Å². The fourth-order valence-electron chi connectivity index (χ4n) is 2.67. The normalized spacial score (nSPS) is 10.9. The molecule has 2 rings (SSSR count). The number of unbranched alkanes of at least 4 members (excludes halogenated alkanes) is 4. The smallest absolute Gasteiger partial charge is 0.226 e. The van der Waals surface area contributed by atoms with Crippen molar-refractivity contribution in [1.29, 1.82) is 0 Å². The van der Waals surface area contributed by atoms with Crippen LogP contribution in [-0.2, 0) is 27.2 Å². The van der Waals surface area contributed by atoms with E-state index in [1.807, 2.05) is 0 Å². The number of hydrogen-bond donors (Lipinski definition) is 2. The number of hydrogen-bond acceptors (Lipinski definition) is 9. The molecule has 0 aliphatic rings. The first-order valence-corrected chi connectivity index (χ1v) is 12.6. The Hall–Kier alpha value is -1.98. The molecule has 0 unspecified atom stereocenters. The Kier molecular flexibility index (Phi) is 12.2. The highest BCUT2D eigenvalue weighted by molar-refractivity contribution is 7.15. The van der Waals surface area contributed by atoms with E-state index in [2.05, 4.69) is 44.9 Å². The summed E-state index contributed by atoms with van der Waals surface area (Å²) in [6.45, 7) is 5.24. The molecule has 0 aliphatic heterocycles. The topological polar surface area (TPSA) is 119 Å². The summed E-state index contributed by atoms with van der Waals surface area (Å²) in [5.41, 5.74) is 0. The molecule has 2 amide bonds. The van der Waals surface area contributed by atoms with E-state index in [-0.39, 0.29) is 11.8 Å². The van der Waals surface area contributed by atoms with E-state index in [1.54, 1.807) is 0 Å². The fourth-order valence-corrected chi connectivity index (χ4v) is 4.14. The van der Waals surface area contributed by atoms with Crippen LogP contribution in [0.1, 0.15) is 75.2 Å². The Morgan fingerprint density at radius 2 is 1.19 bits per heavy atom. The van der Waals surface area contributed by atoms with Gasteiger partial charge in [0, 0.05) is 25.7 Å². The molecule has 172 valence electrons.